The molecular weight excluding hydrogens is 294 g/mol. The number of aromatic nitrogens is 1. The zero-order valence-electron chi connectivity index (χ0n) is 12.8. The molecule has 1 aliphatic rings. The first-order valence-electron chi connectivity index (χ1n) is 7.68. The molecule has 2 aromatic rings. The van der Waals surface area contributed by atoms with Crippen LogP contribution in [-0.4, -0.2) is 42.0 Å². The maximum Gasteiger partial charge on any atom is 0.227 e. The van der Waals surface area contributed by atoms with Crippen LogP contribution < -0.4 is 4.90 Å². The van der Waals surface area contributed by atoms with E-state index in [0.717, 1.165) is 36.6 Å². The number of pyridine rings is 1. The monoisotopic (exact) mass is 315 g/mol. The number of carbonyl (C=O) groups excluding carboxylic acids is 1. The van der Waals surface area contributed by atoms with Crippen LogP contribution in [0.15, 0.2) is 41.9 Å². The summed E-state index contributed by atoms with van der Waals surface area (Å²) in [5.74, 6) is 1.26. The van der Waals surface area contributed by atoms with Crippen LogP contribution in [0.25, 0.3) is 0 Å². The highest BCUT2D eigenvalue weighted by atomic mass is 32.1. The van der Waals surface area contributed by atoms with Crippen molar-refractivity contribution in [2.75, 3.05) is 25.0 Å². The average Bonchev–Trinajstić information content (AvgIpc) is 3.08. The molecule has 0 N–H and O–H groups in total. The van der Waals surface area contributed by atoms with Crippen molar-refractivity contribution in [2.45, 2.75) is 25.3 Å². The van der Waals surface area contributed by atoms with E-state index in [9.17, 15) is 4.79 Å². The van der Waals surface area contributed by atoms with Crippen molar-refractivity contribution in [3.05, 3.63) is 46.8 Å². The van der Waals surface area contributed by atoms with Gasteiger partial charge in [-0.15, -0.1) is 11.3 Å². The summed E-state index contributed by atoms with van der Waals surface area (Å²) in [4.78, 5) is 22.2. The Morgan fingerprint density at radius 3 is 2.77 bits per heavy atom. The second-order valence-corrected chi connectivity index (χ2v) is 6.70. The largest absolute Gasteiger partial charge is 0.356 e. The van der Waals surface area contributed by atoms with Gasteiger partial charge in [0, 0.05) is 37.3 Å². The quantitative estimate of drug-likeness (QED) is 0.870. The normalized spacial score (nSPS) is 15.8. The van der Waals surface area contributed by atoms with E-state index in [1.165, 1.54) is 0 Å². The number of likely N-dealkylation sites (N-methyl/N-ethyl adjacent to an activating group) is 1. The number of hydrogen-bond donors (Lipinski definition) is 0. The van der Waals surface area contributed by atoms with Gasteiger partial charge in [-0.25, -0.2) is 4.98 Å². The Balaban J connectivity index is 1.53. The van der Waals surface area contributed by atoms with E-state index in [2.05, 4.69) is 9.88 Å². The summed E-state index contributed by atoms with van der Waals surface area (Å²) in [6, 6.07) is 10.4. The average molecular weight is 315 g/mol. The molecule has 0 unspecified atom stereocenters. The topological polar surface area (TPSA) is 36.4 Å². The Bertz CT molecular complexity index is 592. The van der Waals surface area contributed by atoms with Crippen LogP contribution in [0.1, 0.15) is 17.7 Å². The van der Waals surface area contributed by atoms with Gasteiger partial charge in [-0.1, -0.05) is 12.1 Å². The molecule has 1 amide bonds. The molecule has 2 aromatic heterocycles. The lowest BCUT2D eigenvalue weighted by Gasteiger charge is -2.37. The fourth-order valence-electron chi connectivity index (χ4n) is 2.91. The standard InChI is InChI=1S/C17H21N3OS/c1-19(17(21)13-15-5-4-12-22-15)14-7-10-20(11-8-14)16-6-2-3-9-18-16/h2-6,9,12,14H,7-8,10-11,13H2,1H3. The lowest BCUT2D eigenvalue weighted by atomic mass is 10.0. The van der Waals surface area contributed by atoms with E-state index >= 15 is 0 Å². The van der Waals surface area contributed by atoms with E-state index in [-0.39, 0.29) is 5.91 Å². The van der Waals surface area contributed by atoms with Gasteiger partial charge in [0.15, 0.2) is 0 Å². The van der Waals surface area contributed by atoms with Gasteiger partial charge in [0.25, 0.3) is 0 Å². The van der Waals surface area contributed by atoms with Crippen molar-refractivity contribution in [1.82, 2.24) is 9.88 Å². The van der Waals surface area contributed by atoms with Crippen LogP contribution in [-0.2, 0) is 11.2 Å². The van der Waals surface area contributed by atoms with Crippen molar-refractivity contribution in [3.63, 3.8) is 0 Å². The summed E-state index contributed by atoms with van der Waals surface area (Å²) in [5, 5.41) is 2.02. The molecule has 1 fully saturated rings. The second kappa shape index (κ2) is 6.92. The van der Waals surface area contributed by atoms with Crippen LogP contribution in [0.3, 0.4) is 0 Å². The van der Waals surface area contributed by atoms with E-state index in [1.54, 1.807) is 11.3 Å². The van der Waals surface area contributed by atoms with Crippen molar-refractivity contribution in [1.29, 1.82) is 0 Å². The number of anilines is 1. The number of rotatable bonds is 4. The molecule has 5 heteroatoms. The molecule has 0 spiro atoms. The smallest absolute Gasteiger partial charge is 0.227 e. The lowest BCUT2D eigenvalue weighted by molar-refractivity contribution is -0.131. The SMILES string of the molecule is CN(C(=O)Cc1cccs1)C1CCN(c2ccccn2)CC1. The summed E-state index contributed by atoms with van der Waals surface area (Å²) in [7, 11) is 1.94. The summed E-state index contributed by atoms with van der Waals surface area (Å²) < 4.78 is 0. The Labute approximate surface area is 135 Å². The fraction of sp³-hybridized carbons (Fsp3) is 0.412. The molecule has 0 aliphatic carbocycles. The van der Waals surface area contributed by atoms with Gasteiger partial charge < -0.3 is 9.80 Å². The van der Waals surface area contributed by atoms with Crippen LogP contribution in [0, 0.1) is 0 Å². The number of hydrogen-bond acceptors (Lipinski definition) is 4. The number of piperidine rings is 1. The Morgan fingerprint density at radius 2 is 2.14 bits per heavy atom. The maximum atomic E-state index is 12.4. The molecule has 3 heterocycles. The Hall–Kier alpha value is -1.88. The Kier molecular flexibility index (Phi) is 4.73. The van der Waals surface area contributed by atoms with Gasteiger partial charge in [0.2, 0.25) is 5.91 Å². The molecule has 1 aliphatic heterocycles. The van der Waals surface area contributed by atoms with Gasteiger partial charge in [-0.05, 0) is 36.4 Å². The minimum absolute atomic E-state index is 0.221. The third-order valence-corrected chi connectivity index (χ3v) is 5.16. The fourth-order valence-corrected chi connectivity index (χ4v) is 3.61. The maximum absolute atomic E-state index is 12.4. The number of nitrogens with zero attached hydrogens (tertiary/aromatic N) is 3. The molecule has 0 atom stereocenters. The van der Waals surface area contributed by atoms with E-state index in [1.807, 2.05) is 53.9 Å². The van der Waals surface area contributed by atoms with E-state index < -0.39 is 0 Å². The summed E-state index contributed by atoms with van der Waals surface area (Å²) >= 11 is 1.65. The number of amides is 1. The van der Waals surface area contributed by atoms with Crippen molar-refractivity contribution >= 4 is 23.1 Å². The third-order valence-electron chi connectivity index (χ3n) is 4.28. The van der Waals surface area contributed by atoms with Crippen molar-refractivity contribution in [2.24, 2.45) is 0 Å². The molecule has 22 heavy (non-hydrogen) atoms. The molecular formula is C17H21N3OS. The first-order valence-corrected chi connectivity index (χ1v) is 8.56. The highest BCUT2D eigenvalue weighted by molar-refractivity contribution is 7.10. The summed E-state index contributed by atoms with van der Waals surface area (Å²) in [5.41, 5.74) is 0. The highest BCUT2D eigenvalue weighted by Crippen LogP contribution is 2.21. The molecule has 3 rings (SSSR count). The predicted octanol–water partition coefficient (Wildman–Crippen LogP) is 2.81. The minimum Gasteiger partial charge on any atom is -0.356 e. The van der Waals surface area contributed by atoms with E-state index in [4.69, 9.17) is 0 Å². The van der Waals surface area contributed by atoms with Crippen LogP contribution in [0.4, 0.5) is 5.82 Å². The van der Waals surface area contributed by atoms with Gasteiger partial charge in [0.05, 0.1) is 6.42 Å². The zero-order chi connectivity index (χ0) is 15.4. The molecule has 4 nitrogen and oxygen atoms in total. The summed E-state index contributed by atoms with van der Waals surface area (Å²) in [6.45, 7) is 1.91. The zero-order valence-corrected chi connectivity index (χ0v) is 13.6. The molecule has 116 valence electrons. The van der Waals surface area contributed by atoms with Crippen LogP contribution in [0.2, 0.25) is 0 Å². The molecule has 0 saturated carbocycles. The van der Waals surface area contributed by atoms with Crippen LogP contribution >= 0.6 is 11.3 Å². The highest BCUT2D eigenvalue weighted by Gasteiger charge is 2.25. The van der Waals surface area contributed by atoms with E-state index in [0.29, 0.717) is 12.5 Å². The van der Waals surface area contributed by atoms with Gasteiger partial charge in [-0.2, -0.15) is 0 Å². The van der Waals surface area contributed by atoms with Crippen molar-refractivity contribution in [3.8, 4) is 0 Å². The molecule has 0 radical (unpaired) electrons. The molecule has 0 aromatic carbocycles. The number of thiophene rings is 1. The minimum atomic E-state index is 0.221. The third kappa shape index (κ3) is 3.47. The second-order valence-electron chi connectivity index (χ2n) is 5.67. The van der Waals surface area contributed by atoms with Crippen LogP contribution in [0.5, 0.6) is 0 Å². The summed E-state index contributed by atoms with van der Waals surface area (Å²) in [6.07, 6.45) is 4.36. The van der Waals surface area contributed by atoms with Gasteiger partial charge in [-0.3, -0.25) is 4.79 Å². The Morgan fingerprint density at radius 1 is 1.32 bits per heavy atom. The lowest BCUT2D eigenvalue weighted by Crippen LogP contribution is -2.46. The van der Waals surface area contributed by atoms with Gasteiger partial charge in [0.1, 0.15) is 5.82 Å². The first-order chi connectivity index (χ1) is 10.7. The van der Waals surface area contributed by atoms with Crippen molar-refractivity contribution < 1.29 is 4.79 Å². The molecule has 0 bridgehead atoms. The first kappa shape index (κ1) is 15.0. The molecule has 1 saturated heterocycles. The number of carbonyl (C=O) groups is 1. The van der Waals surface area contributed by atoms with Gasteiger partial charge >= 0.3 is 0 Å². The predicted molar refractivity (Wildman–Crippen MR) is 90.3 cm³/mol.